The molecule has 3 rings (SSSR count). The Labute approximate surface area is 157 Å². The highest BCUT2D eigenvalue weighted by atomic mass is 32.2. The van der Waals surface area contributed by atoms with E-state index in [1.54, 1.807) is 24.3 Å². The number of sulfonamides is 1. The molecule has 1 aliphatic heterocycles. The van der Waals surface area contributed by atoms with Gasteiger partial charge in [0, 0.05) is 37.3 Å². The van der Waals surface area contributed by atoms with Crippen LogP contribution < -0.4 is 0 Å². The number of hydrogen-bond acceptors (Lipinski definition) is 4. The first-order chi connectivity index (χ1) is 12.8. The molecule has 0 aromatic heterocycles. The number of carbonyl (C=O) groups is 1. The van der Waals surface area contributed by atoms with Crippen molar-refractivity contribution in [3.63, 3.8) is 0 Å². The first-order valence-electron chi connectivity index (χ1n) is 8.57. The van der Waals surface area contributed by atoms with Crippen molar-refractivity contribution in [1.82, 2.24) is 9.21 Å². The fourth-order valence-electron chi connectivity index (χ4n) is 3.03. The molecule has 0 radical (unpaired) electrons. The second-order valence-electron chi connectivity index (χ2n) is 6.46. The molecule has 1 fully saturated rings. The zero-order valence-electron chi connectivity index (χ0n) is 14.6. The summed E-state index contributed by atoms with van der Waals surface area (Å²) in [5.74, 6) is -2.02. The van der Waals surface area contributed by atoms with Gasteiger partial charge in [-0.05, 0) is 18.2 Å². The Morgan fingerprint density at radius 1 is 0.963 bits per heavy atom. The quantitative estimate of drug-likeness (QED) is 0.706. The maximum atomic E-state index is 13.7. The number of carbonyl (C=O) groups excluding carboxylic acids is 1. The molecule has 0 amide bonds. The predicted molar refractivity (Wildman–Crippen MR) is 97.8 cm³/mol. The van der Waals surface area contributed by atoms with E-state index >= 15 is 0 Å². The highest BCUT2D eigenvalue weighted by Gasteiger charge is 2.28. The number of nitrogens with zero attached hydrogens (tertiary/aromatic N) is 2. The second-order valence-corrected chi connectivity index (χ2v) is 8.43. The van der Waals surface area contributed by atoms with Gasteiger partial charge in [-0.1, -0.05) is 30.3 Å². The summed E-state index contributed by atoms with van der Waals surface area (Å²) in [5, 5.41) is 0. The van der Waals surface area contributed by atoms with Crippen molar-refractivity contribution in [3.05, 3.63) is 71.3 Å². The highest BCUT2D eigenvalue weighted by Crippen LogP contribution is 2.17. The summed E-state index contributed by atoms with van der Waals surface area (Å²) in [7, 11) is -3.76. The van der Waals surface area contributed by atoms with Crippen molar-refractivity contribution in [1.29, 1.82) is 0 Å². The molecule has 5 nitrogen and oxygen atoms in total. The molecule has 1 saturated heterocycles. The third-order valence-electron chi connectivity index (χ3n) is 4.53. The van der Waals surface area contributed by atoms with Gasteiger partial charge in [-0.15, -0.1) is 0 Å². The van der Waals surface area contributed by atoms with Gasteiger partial charge >= 0.3 is 0 Å². The van der Waals surface area contributed by atoms with Crippen LogP contribution in [0.15, 0.2) is 48.5 Å². The molecule has 8 heteroatoms. The van der Waals surface area contributed by atoms with Crippen molar-refractivity contribution >= 4 is 15.8 Å². The number of benzene rings is 2. The van der Waals surface area contributed by atoms with E-state index < -0.39 is 27.4 Å². The van der Waals surface area contributed by atoms with Crippen LogP contribution in [-0.2, 0) is 15.8 Å². The van der Waals surface area contributed by atoms with E-state index in [0.29, 0.717) is 18.7 Å². The van der Waals surface area contributed by atoms with Crippen LogP contribution in [-0.4, -0.2) is 56.1 Å². The molecule has 27 heavy (non-hydrogen) atoms. The van der Waals surface area contributed by atoms with Gasteiger partial charge in [0.2, 0.25) is 10.0 Å². The summed E-state index contributed by atoms with van der Waals surface area (Å²) in [6, 6.07) is 11.7. The van der Waals surface area contributed by atoms with Crippen LogP contribution >= 0.6 is 0 Å². The summed E-state index contributed by atoms with van der Waals surface area (Å²) in [4.78, 5) is 14.1. The monoisotopic (exact) mass is 394 g/mol. The van der Waals surface area contributed by atoms with Crippen LogP contribution in [0.25, 0.3) is 0 Å². The third-order valence-corrected chi connectivity index (χ3v) is 6.36. The smallest absolute Gasteiger partial charge is 0.218 e. The molecule has 0 saturated carbocycles. The molecule has 0 spiro atoms. The van der Waals surface area contributed by atoms with Gasteiger partial charge in [0.1, 0.15) is 11.6 Å². The topological polar surface area (TPSA) is 57.7 Å². The molecular weight excluding hydrogens is 374 g/mol. The van der Waals surface area contributed by atoms with Gasteiger partial charge in [0.05, 0.1) is 12.3 Å². The standard InChI is InChI=1S/C19H20F2N2O3S/c20-17-6-7-18(21)16(12-17)14-27(25,26)23-10-8-22(9-11-23)13-19(24)15-4-2-1-3-5-15/h1-7,12H,8-11,13-14H2. The van der Waals surface area contributed by atoms with Gasteiger partial charge in [-0.2, -0.15) is 4.31 Å². The summed E-state index contributed by atoms with van der Waals surface area (Å²) >= 11 is 0. The molecule has 0 aliphatic carbocycles. The van der Waals surface area contributed by atoms with E-state index in [1.165, 1.54) is 4.31 Å². The highest BCUT2D eigenvalue weighted by molar-refractivity contribution is 7.88. The Kier molecular flexibility index (Phi) is 5.98. The number of ketones is 1. The third kappa shape index (κ3) is 4.97. The van der Waals surface area contributed by atoms with Gasteiger partial charge in [-0.3, -0.25) is 9.69 Å². The molecule has 0 N–H and O–H groups in total. The lowest BCUT2D eigenvalue weighted by atomic mass is 10.1. The van der Waals surface area contributed by atoms with E-state index in [1.807, 2.05) is 11.0 Å². The van der Waals surface area contributed by atoms with Crippen LogP contribution in [0.3, 0.4) is 0 Å². The average Bonchev–Trinajstić information content (AvgIpc) is 2.65. The number of halogens is 2. The summed E-state index contributed by atoms with van der Waals surface area (Å²) in [6.45, 7) is 1.45. The fourth-order valence-corrected chi connectivity index (χ4v) is 4.54. The Morgan fingerprint density at radius 2 is 1.63 bits per heavy atom. The molecule has 0 bridgehead atoms. The maximum Gasteiger partial charge on any atom is 0.218 e. The van der Waals surface area contributed by atoms with Crippen LogP contribution in [0.5, 0.6) is 0 Å². The number of hydrogen-bond donors (Lipinski definition) is 0. The van der Waals surface area contributed by atoms with Gasteiger partial charge in [0.15, 0.2) is 5.78 Å². The lowest BCUT2D eigenvalue weighted by Gasteiger charge is -2.33. The summed E-state index contributed by atoms with van der Waals surface area (Å²) in [6.07, 6.45) is 0. The zero-order chi connectivity index (χ0) is 19.4. The van der Waals surface area contributed by atoms with Gasteiger partial charge < -0.3 is 0 Å². The Balaban J connectivity index is 1.58. The molecule has 144 valence electrons. The second kappa shape index (κ2) is 8.24. The van der Waals surface area contributed by atoms with Crippen LogP contribution in [0, 0.1) is 11.6 Å². The number of piperazine rings is 1. The van der Waals surface area contributed by atoms with E-state index in [0.717, 1.165) is 18.2 Å². The molecule has 1 aliphatic rings. The van der Waals surface area contributed by atoms with Gasteiger partial charge in [-0.25, -0.2) is 17.2 Å². The number of Topliss-reactive ketones (excluding diaryl/α,β-unsaturated/α-hetero) is 1. The Bertz CT molecular complexity index is 912. The van der Waals surface area contributed by atoms with Crippen molar-refractivity contribution in [2.24, 2.45) is 0 Å². The predicted octanol–water partition coefficient (Wildman–Crippen LogP) is 2.30. The number of rotatable bonds is 6. The lowest BCUT2D eigenvalue weighted by Crippen LogP contribution is -2.50. The average molecular weight is 394 g/mol. The molecule has 0 atom stereocenters. The Morgan fingerprint density at radius 3 is 2.30 bits per heavy atom. The van der Waals surface area contributed by atoms with E-state index in [-0.39, 0.29) is 31.0 Å². The first kappa shape index (κ1) is 19.6. The van der Waals surface area contributed by atoms with Crippen LogP contribution in [0.4, 0.5) is 8.78 Å². The van der Waals surface area contributed by atoms with E-state index in [4.69, 9.17) is 0 Å². The minimum Gasteiger partial charge on any atom is -0.293 e. The van der Waals surface area contributed by atoms with Crippen molar-refractivity contribution < 1.29 is 22.0 Å². The van der Waals surface area contributed by atoms with Crippen LogP contribution in [0.1, 0.15) is 15.9 Å². The molecule has 1 heterocycles. The van der Waals surface area contributed by atoms with Crippen LogP contribution in [0.2, 0.25) is 0 Å². The normalized spacial score (nSPS) is 16.4. The largest absolute Gasteiger partial charge is 0.293 e. The van der Waals surface area contributed by atoms with E-state index in [9.17, 15) is 22.0 Å². The minimum atomic E-state index is -3.76. The van der Waals surface area contributed by atoms with Crippen molar-refractivity contribution in [2.75, 3.05) is 32.7 Å². The summed E-state index contributed by atoms with van der Waals surface area (Å²) in [5.41, 5.74) is 0.436. The molecule has 2 aromatic rings. The fraction of sp³-hybridized carbons (Fsp3) is 0.316. The first-order valence-corrected chi connectivity index (χ1v) is 10.2. The molecule has 2 aromatic carbocycles. The molecule has 0 unspecified atom stereocenters. The summed E-state index contributed by atoms with van der Waals surface area (Å²) < 4.78 is 53.3. The van der Waals surface area contributed by atoms with Crippen molar-refractivity contribution in [3.8, 4) is 0 Å². The minimum absolute atomic E-state index is 0.0197. The van der Waals surface area contributed by atoms with Crippen molar-refractivity contribution in [2.45, 2.75) is 5.75 Å². The molecular formula is C19H20F2N2O3S. The maximum absolute atomic E-state index is 13.7. The lowest BCUT2D eigenvalue weighted by molar-refractivity contribution is 0.0901. The SMILES string of the molecule is O=C(CN1CCN(S(=O)(=O)Cc2cc(F)ccc2F)CC1)c1ccccc1. The van der Waals surface area contributed by atoms with Gasteiger partial charge in [0.25, 0.3) is 0 Å². The Hall–Kier alpha value is -2.16. The zero-order valence-corrected chi connectivity index (χ0v) is 15.5. The van der Waals surface area contributed by atoms with E-state index in [2.05, 4.69) is 0 Å².